The zero-order valence-electron chi connectivity index (χ0n) is 11.4. The molecule has 0 bridgehead atoms. The van der Waals surface area contributed by atoms with Gasteiger partial charge in [-0.15, -0.1) is 0 Å². The number of esters is 1. The van der Waals surface area contributed by atoms with Gasteiger partial charge in [-0.3, -0.25) is 0 Å². The van der Waals surface area contributed by atoms with Crippen LogP contribution in [0.15, 0.2) is 35.4 Å². The van der Waals surface area contributed by atoms with E-state index in [0.717, 1.165) is 11.8 Å². The standard InChI is InChI=1S/C13H16N2O5/c1-8-4-5-9(12(14)15-17)6-10(8)20-11(7-18-2)13(16)19-3/h4-7,17H,1-3H3,(H2,14,15)/b11-7-. The van der Waals surface area contributed by atoms with Gasteiger partial charge in [-0.25, -0.2) is 4.79 Å². The first kappa shape index (κ1) is 15.4. The number of amidine groups is 1. The molecule has 0 aliphatic rings. The molecule has 0 aliphatic heterocycles. The molecule has 0 aromatic heterocycles. The number of carbonyl (C=O) groups excluding carboxylic acids is 1. The third kappa shape index (κ3) is 3.64. The van der Waals surface area contributed by atoms with Crippen molar-refractivity contribution in [3.8, 4) is 5.75 Å². The molecule has 20 heavy (non-hydrogen) atoms. The molecule has 0 saturated heterocycles. The number of nitrogens with two attached hydrogens (primary N) is 1. The molecular formula is C13H16N2O5. The topological polar surface area (TPSA) is 103 Å². The Balaban J connectivity index is 3.12. The van der Waals surface area contributed by atoms with E-state index in [0.29, 0.717) is 11.3 Å². The number of methoxy groups -OCH3 is 2. The Morgan fingerprint density at radius 3 is 2.65 bits per heavy atom. The summed E-state index contributed by atoms with van der Waals surface area (Å²) in [6, 6.07) is 4.91. The number of aryl methyl sites for hydroxylation is 1. The molecule has 7 nitrogen and oxygen atoms in total. The van der Waals surface area contributed by atoms with Crippen molar-refractivity contribution < 1.29 is 24.2 Å². The van der Waals surface area contributed by atoms with Gasteiger partial charge in [0.1, 0.15) is 12.0 Å². The van der Waals surface area contributed by atoms with E-state index in [1.165, 1.54) is 20.3 Å². The second-order valence-electron chi connectivity index (χ2n) is 3.78. The highest BCUT2D eigenvalue weighted by Gasteiger charge is 2.15. The van der Waals surface area contributed by atoms with Gasteiger partial charge < -0.3 is 25.2 Å². The van der Waals surface area contributed by atoms with Gasteiger partial charge in [0.15, 0.2) is 5.84 Å². The first-order valence-electron chi connectivity index (χ1n) is 5.61. The van der Waals surface area contributed by atoms with Crippen LogP contribution in [0.4, 0.5) is 0 Å². The van der Waals surface area contributed by atoms with Crippen molar-refractivity contribution in [2.75, 3.05) is 14.2 Å². The number of rotatable bonds is 5. The second-order valence-corrected chi connectivity index (χ2v) is 3.78. The number of nitrogens with zero attached hydrogens (tertiary/aromatic N) is 1. The molecule has 0 aliphatic carbocycles. The fraction of sp³-hybridized carbons (Fsp3) is 0.231. The van der Waals surface area contributed by atoms with Crippen molar-refractivity contribution >= 4 is 11.8 Å². The van der Waals surface area contributed by atoms with Crippen LogP contribution >= 0.6 is 0 Å². The van der Waals surface area contributed by atoms with Gasteiger partial charge in [-0.2, -0.15) is 0 Å². The molecule has 0 unspecified atom stereocenters. The van der Waals surface area contributed by atoms with Crippen molar-refractivity contribution in [3.63, 3.8) is 0 Å². The van der Waals surface area contributed by atoms with Crippen LogP contribution in [-0.2, 0) is 14.3 Å². The summed E-state index contributed by atoms with van der Waals surface area (Å²) in [5.41, 5.74) is 6.71. The van der Waals surface area contributed by atoms with Crippen LogP contribution in [0.1, 0.15) is 11.1 Å². The summed E-state index contributed by atoms with van der Waals surface area (Å²) < 4.78 is 14.8. The fourth-order valence-electron chi connectivity index (χ4n) is 1.37. The summed E-state index contributed by atoms with van der Waals surface area (Å²) in [5, 5.41) is 11.6. The number of oxime groups is 1. The molecule has 7 heteroatoms. The van der Waals surface area contributed by atoms with Crippen LogP contribution in [0.3, 0.4) is 0 Å². The number of ether oxygens (including phenoxy) is 3. The summed E-state index contributed by atoms with van der Waals surface area (Å²) >= 11 is 0. The molecule has 0 atom stereocenters. The second kappa shape index (κ2) is 7.03. The molecular weight excluding hydrogens is 264 g/mol. The molecule has 0 heterocycles. The Morgan fingerprint density at radius 2 is 2.10 bits per heavy atom. The maximum atomic E-state index is 11.5. The van der Waals surface area contributed by atoms with Crippen molar-refractivity contribution in [2.24, 2.45) is 10.9 Å². The largest absolute Gasteiger partial charge is 0.500 e. The van der Waals surface area contributed by atoms with Gasteiger partial charge in [0, 0.05) is 5.56 Å². The quantitative estimate of drug-likeness (QED) is 0.159. The molecule has 0 saturated carbocycles. The monoisotopic (exact) mass is 280 g/mol. The van der Waals surface area contributed by atoms with Gasteiger partial charge in [-0.05, 0) is 18.6 Å². The SMILES string of the molecule is CO/C=C(\Oc1cc(C(N)=NO)ccc1C)C(=O)OC. The lowest BCUT2D eigenvalue weighted by molar-refractivity contribution is -0.138. The summed E-state index contributed by atoms with van der Waals surface area (Å²) in [7, 11) is 2.61. The lowest BCUT2D eigenvalue weighted by Crippen LogP contribution is -2.15. The van der Waals surface area contributed by atoms with Crippen LogP contribution < -0.4 is 10.5 Å². The molecule has 1 aromatic carbocycles. The Morgan fingerprint density at radius 1 is 1.40 bits per heavy atom. The summed E-state index contributed by atoms with van der Waals surface area (Å²) in [4.78, 5) is 11.5. The first-order chi connectivity index (χ1) is 9.53. The maximum Gasteiger partial charge on any atom is 0.377 e. The normalized spacial score (nSPS) is 11.9. The van der Waals surface area contributed by atoms with Gasteiger partial charge in [0.25, 0.3) is 0 Å². The summed E-state index contributed by atoms with van der Waals surface area (Å²) in [6.45, 7) is 1.78. The summed E-state index contributed by atoms with van der Waals surface area (Å²) in [6.07, 6.45) is 1.13. The van der Waals surface area contributed by atoms with E-state index >= 15 is 0 Å². The number of hydrogen-bond acceptors (Lipinski definition) is 6. The van der Waals surface area contributed by atoms with Crippen molar-refractivity contribution in [2.45, 2.75) is 6.92 Å². The van der Waals surface area contributed by atoms with E-state index < -0.39 is 5.97 Å². The fourth-order valence-corrected chi connectivity index (χ4v) is 1.37. The minimum atomic E-state index is -0.680. The lowest BCUT2D eigenvalue weighted by atomic mass is 10.1. The van der Waals surface area contributed by atoms with Crippen LogP contribution in [-0.4, -0.2) is 31.2 Å². The Labute approximate surface area is 116 Å². The molecule has 3 N–H and O–H groups in total. The van der Waals surface area contributed by atoms with Gasteiger partial charge in [0.2, 0.25) is 5.76 Å². The molecule has 108 valence electrons. The Kier molecular flexibility index (Phi) is 5.40. The van der Waals surface area contributed by atoms with E-state index in [9.17, 15) is 4.79 Å². The maximum absolute atomic E-state index is 11.5. The molecule has 0 amide bonds. The minimum absolute atomic E-state index is 0.0646. The predicted molar refractivity (Wildman–Crippen MR) is 71.4 cm³/mol. The van der Waals surface area contributed by atoms with Crippen molar-refractivity contribution in [1.29, 1.82) is 0 Å². The van der Waals surface area contributed by atoms with E-state index in [1.807, 2.05) is 0 Å². The highest BCUT2D eigenvalue weighted by atomic mass is 16.6. The van der Waals surface area contributed by atoms with E-state index in [4.69, 9.17) is 20.4 Å². The van der Waals surface area contributed by atoms with Crippen LogP contribution in [0.5, 0.6) is 5.75 Å². The average molecular weight is 280 g/mol. The van der Waals surface area contributed by atoms with E-state index in [-0.39, 0.29) is 11.6 Å². The van der Waals surface area contributed by atoms with Gasteiger partial charge in [0.05, 0.1) is 14.2 Å². The molecule has 0 fully saturated rings. The smallest absolute Gasteiger partial charge is 0.377 e. The van der Waals surface area contributed by atoms with Crippen molar-refractivity contribution in [3.05, 3.63) is 41.3 Å². The third-order valence-corrected chi connectivity index (χ3v) is 2.42. The zero-order chi connectivity index (χ0) is 15.1. The predicted octanol–water partition coefficient (Wildman–Crippen LogP) is 1.13. The van der Waals surface area contributed by atoms with E-state index in [1.54, 1.807) is 19.1 Å². The van der Waals surface area contributed by atoms with Gasteiger partial charge in [-0.1, -0.05) is 17.3 Å². The Hall–Kier alpha value is -2.70. The number of benzene rings is 1. The lowest BCUT2D eigenvalue weighted by Gasteiger charge is -2.11. The Bertz CT molecular complexity index is 552. The molecule has 1 aromatic rings. The van der Waals surface area contributed by atoms with E-state index in [2.05, 4.69) is 9.89 Å². The van der Waals surface area contributed by atoms with Crippen LogP contribution in [0, 0.1) is 6.92 Å². The number of hydrogen-bond donors (Lipinski definition) is 2. The van der Waals surface area contributed by atoms with Crippen molar-refractivity contribution in [1.82, 2.24) is 0 Å². The molecule has 0 spiro atoms. The molecule has 0 radical (unpaired) electrons. The highest BCUT2D eigenvalue weighted by Crippen LogP contribution is 2.22. The number of carbonyl (C=O) groups is 1. The average Bonchev–Trinajstić information content (AvgIpc) is 2.47. The van der Waals surface area contributed by atoms with Crippen LogP contribution in [0.2, 0.25) is 0 Å². The summed E-state index contributed by atoms with van der Waals surface area (Å²) in [5.74, 6) is -0.497. The van der Waals surface area contributed by atoms with Gasteiger partial charge >= 0.3 is 5.97 Å². The zero-order valence-corrected chi connectivity index (χ0v) is 11.4. The first-order valence-corrected chi connectivity index (χ1v) is 5.61. The third-order valence-electron chi connectivity index (χ3n) is 2.42. The highest BCUT2D eigenvalue weighted by molar-refractivity contribution is 5.97. The molecule has 1 rings (SSSR count). The minimum Gasteiger partial charge on any atom is -0.500 e. The van der Waals surface area contributed by atoms with Crippen LogP contribution in [0.25, 0.3) is 0 Å².